The molecule has 0 spiro atoms. The summed E-state index contributed by atoms with van der Waals surface area (Å²) in [6.45, 7) is 0.0807. The number of aromatic hydroxyl groups is 1. The van der Waals surface area contributed by atoms with Crippen molar-refractivity contribution in [2.24, 2.45) is 0 Å². The molecule has 0 saturated carbocycles. The lowest BCUT2D eigenvalue weighted by Gasteiger charge is -2.06. The highest BCUT2D eigenvalue weighted by atomic mass is 79.9. The fourth-order valence-electron chi connectivity index (χ4n) is 0.851. The molecule has 0 aromatic heterocycles. The average Bonchev–Trinajstić information content (AvgIpc) is 2.10. The molecule has 14 heavy (non-hydrogen) atoms. The van der Waals surface area contributed by atoms with Crippen molar-refractivity contribution in [3.8, 4) is 11.5 Å². The zero-order valence-electron chi connectivity index (χ0n) is 7.24. The highest BCUT2D eigenvalue weighted by molar-refractivity contribution is 9.10. The third-order valence-corrected chi connectivity index (χ3v) is 2.14. The Bertz CT molecular complexity index is 338. The number of carboxylic acids is 1. The maximum Gasteiger partial charge on any atom is 0.306 e. The van der Waals surface area contributed by atoms with Crippen LogP contribution in [0.1, 0.15) is 6.42 Å². The Hall–Kier alpha value is -1.23. The highest BCUT2D eigenvalue weighted by Crippen LogP contribution is 2.28. The largest absolute Gasteiger partial charge is 0.508 e. The van der Waals surface area contributed by atoms with Gasteiger partial charge in [0.2, 0.25) is 0 Å². The normalized spacial score (nSPS) is 9.79. The van der Waals surface area contributed by atoms with Gasteiger partial charge in [-0.3, -0.25) is 4.79 Å². The predicted octanol–water partition coefficient (Wildman–Crippen LogP) is 2.01. The molecule has 0 heterocycles. The average molecular weight is 261 g/mol. The third-order valence-electron chi connectivity index (χ3n) is 1.49. The maximum atomic E-state index is 10.2. The summed E-state index contributed by atoms with van der Waals surface area (Å²) in [7, 11) is 0. The van der Waals surface area contributed by atoms with E-state index in [9.17, 15) is 4.79 Å². The molecule has 0 bridgehead atoms. The molecule has 0 aliphatic heterocycles. The van der Waals surface area contributed by atoms with Crippen LogP contribution in [-0.4, -0.2) is 22.8 Å². The first kappa shape index (κ1) is 10.8. The summed E-state index contributed by atoms with van der Waals surface area (Å²) >= 11 is 3.21. The Morgan fingerprint density at radius 2 is 2.21 bits per heavy atom. The second-order valence-corrected chi connectivity index (χ2v) is 3.46. The number of aliphatic carboxylic acids is 1. The van der Waals surface area contributed by atoms with Crippen molar-refractivity contribution in [2.75, 3.05) is 6.61 Å². The van der Waals surface area contributed by atoms with E-state index in [4.69, 9.17) is 14.9 Å². The second-order valence-electron chi connectivity index (χ2n) is 2.61. The topological polar surface area (TPSA) is 66.8 Å². The molecule has 0 radical (unpaired) electrons. The summed E-state index contributed by atoms with van der Waals surface area (Å²) in [5, 5.41) is 17.5. The van der Waals surface area contributed by atoms with E-state index in [1.54, 1.807) is 6.07 Å². The summed E-state index contributed by atoms with van der Waals surface area (Å²) in [6.07, 6.45) is -0.0674. The van der Waals surface area contributed by atoms with E-state index in [0.29, 0.717) is 10.2 Å². The smallest absolute Gasteiger partial charge is 0.306 e. The number of rotatable bonds is 4. The van der Waals surface area contributed by atoms with E-state index in [0.717, 1.165) is 0 Å². The Labute approximate surface area is 89.3 Å². The van der Waals surface area contributed by atoms with Crippen molar-refractivity contribution in [1.29, 1.82) is 0 Å². The third kappa shape index (κ3) is 3.26. The number of ether oxygens (including phenoxy) is 1. The van der Waals surface area contributed by atoms with Crippen molar-refractivity contribution in [2.45, 2.75) is 6.42 Å². The van der Waals surface area contributed by atoms with Gasteiger partial charge in [-0.25, -0.2) is 0 Å². The van der Waals surface area contributed by atoms with Crippen LogP contribution in [0.25, 0.3) is 0 Å². The zero-order chi connectivity index (χ0) is 10.6. The molecule has 0 saturated heterocycles. The summed E-state index contributed by atoms with van der Waals surface area (Å²) in [5.74, 6) is -0.397. The molecule has 1 rings (SSSR count). The first-order chi connectivity index (χ1) is 6.59. The van der Waals surface area contributed by atoms with Gasteiger partial charge in [0.15, 0.2) is 0 Å². The molecular formula is C9H9BrO4. The number of carboxylic acid groups (broad SMARTS) is 1. The van der Waals surface area contributed by atoms with Crippen LogP contribution in [0.15, 0.2) is 22.7 Å². The quantitative estimate of drug-likeness (QED) is 0.869. The lowest BCUT2D eigenvalue weighted by Crippen LogP contribution is -2.04. The molecule has 0 aliphatic rings. The number of hydrogen-bond donors (Lipinski definition) is 2. The number of carbonyl (C=O) groups is 1. The first-order valence-electron chi connectivity index (χ1n) is 3.92. The lowest BCUT2D eigenvalue weighted by atomic mass is 10.3. The summed E-state index contributed by atoms with van der Waals surface area (Å²) in [4.78, 5) is 10.2. The van der Waals surface area contributed by atoms with E-state index in [-0.39, 0.29) is 18.8 Å². The second kappa shape index (κ2) is 4.85. The molecule has 0 aliphatic carbocycles. The van der Waals surface area contributed by atoms with Gasteiger partial charge < -0.3 is 14.9 Å². The van der Waals surface area contributed by atoms with Gasteiger partial charge >= 0.3 is 5.97 Å². The zero-order valence-corrected chi connectivity index (χ0v) is 8.82. The molecule has 0 amide bonds. The monoisotopic (exact) mass is 260 g/mol. The van der Waals surface area contributed by atoms with Crippen LogP contribution in [0, 0.1) is 0 Å². The van der Waals surface area contributed by atoms with Crippen molar-refractivity contribution < 1.29 is 19.7 Å². The minimum atomic E-state index is -0.915. The molecule has 1 aromatic rings. The lowest BCUT2D eigenvalue weighted by molar-refractivity contribution is -0.137. The SMILES string of the molecule is O=C(O)CCOc1cc(O)ccc1Br. The molecule has 76 valence electrons. The van der Waals surface area contributed by atoms with Crippen molar-refractivity contribution in [3.05, 3.63) is 22.7 Å². The highest BCUT2D eigenvalue weighted by Gasteiger charge is 2.03. The number of phenolic OH excluding ortho intramolecular Hbond substituents is 1. The molecule has 0 atom stereocenters. The van der Waals surface area contributed by atoms with Crippen molar-refractivity contribution in [3.63, 3.8) is 0 Å². The van der Waals surface area contributed by atoms with Crippen LogP contribution in [0.2, 0.25) is 0 Å². The van der Waals surface area contributed by atoms with Crippen LogP contribution >= 0.6 is 15.9 Å². The van der Waals surface area contributed by atoms with Gasteiger partial charge in [0.25, 0.3) is 0 Å². The molecule has 4 nitrogen and oxygen atoms in total. The van der Waals surface area contributed by atoms with Crippen LogP contribution in [0.3, 0.4) is 0 Å². The van der Waals surface area contributed by atoms with Crippen molar-refractivity contribution in [1.82, 2.24) is 0 Å². The molecule has 5 heteroatoms. The van der Waals surface area contributed by atoms with Gasteiger partial charge in [0, 0.05) is 6.07 Å². The molecular weight excluding hydrogens is 252 g/mol. The summed E-state index contributed by atoms with van der Waals surface area (Å²) in [5.41, 5.74) is 0. The van der Waals surface area contributed by atoms with E-state index in [2.05, 4.69) is 15.9 Å². The summed E-state index contributed by atoms with van der Waals surface area (Å²) in [6, 6.07) is 4.56. The minimum absolute atomic E-state index is 0.0674. The minimum Gasteiger partial charge on any atom is -0.508 e. The van der Waals surface area contributed by atoms with Crippen molar-refractivity contribution >= 4 is 21.9 Å². The summed E-state index contributed by atoms with van der Waals surface area (Å²) < 4.78 is 5.82. The van der Waals surface area contributed by atoms with Crippen LogP contribution < -0.4 is 4.74 Å². The fraction of sp³-hybridized carbons (Fsp3) is 0.222. The van der Waals surface area contributed by atoms with Gasteiger partial charge in [-0.2, -0.15) is 0 Å². The number of benzene rings is 1. The fourth-order valence-corrected chi connectivity index (χ4v) is 1.21. The van der Waals surface area contributed by atoms with E-state index >= 15 is 0 Å². The standard InChI is InChI=1S/C9H9BrO4/c10-7-2-1-6(11)5-8(7)14-4-3-9(12)13/h1-2,5,11H,3-4H2,(H,12,13). The number of hydrogen-bond acceptors (Lipinski definition) is 3. The predicted molar refractivity (Wildman–Crippen MR) is 53.6 cm³/mol. The van der Waals surface area contributed by atoms with Gasteiger partial charge in [-0.1, -0.05) is 0 Å². The van der Waals surface area contributed by atoms with Crippen LogP contribution in [0.5, 0.6) is 11.5 Å². The van der Waals surface area contributed by atoms with Gasteiger partial charge in [-0.05, 0) is 28.1 Å². The Kier molecular flexibility index (Phi) is 3.76. The van der Waals surface area contributed by atoms with Crippen LogP contribution in [-0.2, 0) is 4.79 Å². The first-order valence-corrected chi connectivity index (χ1v) is 4.72. The van der Waals surface area contributed by atoms with E-state index in [1.165, 1.54) is 12.1 Å². The molecule has 2 N–H and O–H groups in total. The Morgan fingerprint density at radius 1 is 1.50 bits per heavy atom. The van der Waals surface area contributed by atoms with Gasteiger partial charge in [0.1, 0.15) is 11.5 Å². The maximum absolute atomic E-state index is 10.2. The van der Waals surface area contributed by atoms with Crippen LogP contribution in [0.4, 0.5) is 0 Å². The molecule has 0 unspecified atom stereocenters. The Balaban J connectivity index is 2.57. The molecule has 0 fully saturated rings. The van der Waals surface area contributed by atoms with Gasteiger partial charge in [0.05, 0.1) is 17.5 Å². The van der Waals surface area contributed by atoms with E-state index in [1.807, 2.05) is 0 Å². The Morgan fingerprint density at radius 3 is 2.86 bits per heavy atom. The number of halogens is 1. The molecule has 1 aromatic carbocycles. The van der Waals surface area contributed by atoms with Gasteiger partial charge in [-0.15, -0.1) is 0 Å². The van der Waals surface area contributed by atoms with E-state index < -0.39 is 5.97 Å². The number of phenols is 1.